The van der Waals surface area contributed by atoms with E-state index in [9.17, 15) is 4.79 Å². The van der Waals surface area contributed by atoms with Gasteiger partial charge < -0.3 is 10.6 Å². The van der Waals surface area contributed by atoms with Crippen LogP contribution in [0.5, 0.6) is 0 Å². The summed E-state index contributed by atoms with van der Waals surface area (Å²) in [6.07, 6.45) is 3.75. The number of amides is 1. The molecule has 0 atom stereocenters. The number of nitrogens with zero attached hydrogens (tertiary/aromatic N) is 2. The van der Waals surface area contributed by atoms with Crippen LogP contribution in [0.3, 0.4) is 0 Å². The van der Waals surface area contributed by atoms with Gasteiger partial charge in [-0.3, -0.25) is 9.78 Å². The summed E-state index contributed by atoms with van der Waals surface area (Å²) in [7, 11) is 0. The molecule has 2 N–H and O–H groups in total. The molecule has 0 unspecified atom stereocenters. The summed E-state index contributed by atoms with van der Waals surface area (Å²) in [6.45, 7) is 4.18. The summed E-state index contributed by atoms with van der Waals surface area (Å²) >= 11 is 0. The summed E-state index contributed by atoms with van der Waals surface area (Å²) in [5.41, 5.74) is 10.9. The van der Waals surface area contributed by atoms with E-state index >= 15 is 0 Å². The third kappa shape index (κ3) is 3.45. The number of aryl methyl sites for hydroxylation is 1. The van der Waals surface area contributed by atoms with E-state index in [4.69, 9.17) is 5.73 Å². The molecule has 4 heteroatoms. The molecule has 1 aliphatic rings. The lowest BCUT2D eigenvalue weighted by molar-refractivity contribution is 0.0715. The number of rotatable bonds is 3. The number of hydrogen-bond acceptors (Lipinski definition) is 3. The third-order valence-corrected chi connectivity index (χ3v) is 5.66. The molecule has 0 spiro atoms. The molecule has 0 saturated carbocycles. The second kappa shape index (κ2) is 7.49. The maximum absolute atomic E-state index is 13.1. The van der Waals surface area contributed by atoms with Gasteiger partial charge in [-0.25, -0.2) is 0 Å². The van der Waals surface area contributed by atoms with Crippen molar-refractivity contribution in [1.29, 1.82) is 0 Å². The molecule has 1 amide bonds. The number of pyridine rings is 1. The number of para-hydroxylation sites is 1. The second-order valence-corrected chi connectivity index (χ2v) is 7.35. The van der Waals surface area contributed by atoms with Gasteiger partial charge in [-0.2, -0.15) is 0 Å². The van der Waals surface area contributed by atoms with Crippen LogP contribution in [0.2, 0.25) is 0 Å². The standard InChI is InChI=1S/C23H25N3O/c1-16-8-11-25-22-20(16)6-3-7-21(22)23(27)26-12-9-18(10-13-26)19-5-2-4-17(14-19)15-24/h2-8,11,14,18H,9-10,12-13,15,24H2,1H3. The van der Waals surface area contributed by atoms with Gasteiger partial charge in [0.05, 0.1) is 11.1 Å². The number of carbonyl (C=O) groups excluding carboxylic acids is 1. The van der Waals surface area contributed by atoms with Gasteiger partial charge in [0, 0.05) is 31.2 Å². The van der Waals surface area contributed by atoms with Crippen LogP contribution in [-0.4, -0.2) is 28.9 Å². The van der Waals surface area contributed by atoms with Crippen LogP contribution >= 0.6 is 0 Å². The van der Waals surface area contributed by atoms with Crippen LogP contribution in [0.4, 0.5) is 0 Å². The molecule has 27 heavy (non-hydrogen) atoms. The third-order valence-electron chi connectivity index (χ3n) is 5.66. The Labute approximate surface area is 160 Å². The first-order valence-electron chi connectivity index (χ1n) is 9.60. The smallest absolute Gasteiger partial charge is 0.256 e. The number of nitrogens with two attached hydrogens (primary N) is 1. The van der Waals surface area contributed by atoms with Gasteiger partial charge in [-0.05, 0) is 54.5 Å². The number of fused-ring (bicyclic) bond motifs is 1. The lowest BCUT2D eigenvalue weighted by atomic mass is 9.88. The average molecular weight is 359 g/mol. The van der Waals surface area contributed by atoms with E-state index in [0.717, 1.165) is 42.4 Å². The summed E-state index contributed by atoms with van der Waals surface area (Å²) in [4.78, 5) is 19.6. The van der Waals surface area contributed by atoms with Crippen LogP contribution in [-0.2, 0) is 6.54 Å². The highest BCUT2D eigenvalue weighted by atomic mass is 16.2. The molecule has 3 aromatic rings. The number of carbonyl (C=O) groups is 1. The molecule has 1 aromatic heterocycles. The zero-order valence-corrected chi connectivity index (χ0v) is 15.7. The van der Waals surface area contributed by atoms with Crippen LogP contribution in [0.1, 0.15) is 45.8 Å². The quantitative estimate of drug-likeness (QED) is 0.768. The molecule has 2 aromatic carbocycles. The van der Waals surface area contributed by atoms with E-state index in [0.29, 0.717) is 18.0 Å². The van der Waals surface area contributed by atoms with E-state index < -0.39 is 0 Å². The van der Waals surface area contributed by atoms with Gasteiger partial charge in [0.15, 0.2) is 0 Å². The topological polar surface area (TPSA) is 59.2 Å². The first-order valence-corrected chi connectivity index (χ1v) is 9.60. The number of hydrogen-bond donors (Lipinski definition) is 1. The number of aromatic nitrogens is 1. The fraction of sp³-hybridized carbons (Fsp3) is 0.304. The summed E-state index contributed by atoms with van der Waals surface area (Å²) in [5, 5.41) is 1.05. The second-order valence-electron chi connectivity index (χ2n) is 7.35. The lowest BCUT2D eigenvalue weighted by Crippen LogP contribution is -2.38. The van der Waals surface area contributed by atoms with Gasteiger partial charge in [-0.15, -0.1) is 0 Å². The van der Waals surface area contributed by atoms with Crippen LogP contribution in [0.25, 0.3) is 10.9 Å². The Balaban J connectivity index is 1.52. The molecule has 0 aliphatic carbocycles. The predicted octanol–water partition coefficient (Wildman–Crippen LogP) is 4.02. The van der Waals surface area contributed by atoms with Gasteiger partial charge in [0.25, 0.3) is 5.91 Å². The van der Waals surface area contributed by atoms with Crippen molar-refractivity contribution in [3.63, 3.8) is 0 Å². The molecule has 1 fully saturated rings. The highest BCUT2D eigenvalue weighted by Gasteiger charge is 2.26. The predicted molar refractivity (Wildman–Crippen MR) is 109 cm³/mol. The van der Waals surface area contributed by atoms with Crippen molar-refractivity contribution >= 4 is 16.8 Å². The number of benzene rings is 2. The summed E-state index contributed by atoms with van der Waals surface area (Å²) < 4.78 is 0. The van der Waals surface area contributed by atoms with Crippen molar-refractivity contribution in [3.05, 3.63) is 77.0 Å². The molecule has 4 nitrogen and oxygen atoms in total. The Hall–Kier alpha value is -2.72. The van der Waals surface area contributed by atoms with E-state index in [1.54, 1.807) is 6.20 Å². The zero-order valence-electron chi connectivity index (χ0n) is 15.7. The van der Waals surface area contributed by atoms with E-state index in [-0.39, 0.29) is 5.91 Å². The minimum Gasteiger partial charge on any atom is -0.339 e. The Kier molecular flexibility index (Phi) is 4.90. The van der Waals surface area contributed by atoms with Crippen molar-refractivity contribution in [3.8, 4) is 0 Å². The van der Waals surface area contributed by atoms with Crippen molar-refractivity contribution in [2.24, 2.45) is 5.73 Å². The van der Waals surface area contributed by atoms with Crippen molar-refractivity contribution in [1.82, 2.24) is 9.88 Å². The summed E-state index contributed by atoms with van der Waals surface area (Å²) in [6, 6.07) is 16.4. The molecule has 2 heterocycles. The molecule has 0 radical (unpaired) electrons. The van der Waals surface area contributed by atoms with E-state index in [1.165, 1.54) is 11.1 Å². The molecule has 1 saturated heterocycles. The fourth-order valence-electron chi connectivity index (χ4n) is 4.05. The Morgan fingerprint density at radius 1 is 1.15 bits per heavy atom. The van der Waals surface area contributed by atoms with Gasteiger partial charge in [0.2, 0.25) is 0 Å². The first kappa shape index (κ1) is 17.7. The Morgan fingerprint density at radius 3 is 2.70 bits per heavy atom. The highest BCUT2D eigenvalue weighted by molar-refractivity contribution is 6.06. The number of likely N-dealkylation sites (tertiary alicyclic amines) is 1. The minimum atomic E-state index is 0.0906. The molecule has 138 valence electrons. The largest absolute Gasteiger partial charge is 0.339 e. The van der Waals surface area contributed by atoms with Crippen molar-refractivity contribution in [2.75, 3.05) is 13.1 Å². The average Bonchev–Trinajstić information content (AvgIpc) is 2.73. The SMILES string of the molecule is Cc1ccnc2c(C(=O)N3CCC(c4cccc(CN)c4)CC3)cccc12. The van der Waals surface area contributed by atoms with Gasteiger partial charge in [0.1, 0.15) is 0 Å². The van der Waals surface area contributed by atoms with Crippen molar-refractivity contribution < 1.29 is 4.79 Å². The summed E-state index contributed by atoms with van der Waals surface area (Å²) in [5.74, 6) is 0.585. The highest BCUT2D eigenvalue weighted by Crippen LogP contribution is 2.30. The minimum absolute atomic E-state index is 0.0906. The van der Waals surface area contributed by atoms with Crippen LogP contribution < -0.4 is 5.73 Å². The van der Waals surface area contributed by atoms with Crippen LogP contribution in [0, 0.1) is 6.92 Å². The van der Waals surface area contributed by atoms with E-state index in [1.807, 2.05) is 29.2 Å². The fourth-order valence-corrected chi connectivity index (χ4v) is 4.05. The normalized spacial score (nSPS) is 15.3. The maximum Gasteiger partial charge on any atom is 0.256 e. The van der Waals surface area contributed by atoms with Crippen molar-refractivity contribution in [2.45, 2.75) is 32.2 Å². The monoisotopic (exact) mass is 359 g/mol. The molecule has 0 bridgehead atoms. The molecule has 1 aliphatic heterocycles. The molecular formula is C23H25N3O. The lowest BCUT2D eigenvalue weighted by Gasteiger charge is -2.32. The van der Waals surface area contributed by atoms with E-state index in [2.05, 4.69) is 36.2 Å². The van der Waals surface area contributed by atoms with Gasteiger partial charge in [-0.1, -0.05) is 36.4 Å². The number of piperidine rings is 1. The Morgan fingerprint density at radius 2 is 1.93 bits per heavy atom. The molecule has 4 rings (SSSR count). The molecular weight excluding hydrogens is 334 g/mol. The van der Waals surface area contributed by atoms with Gasteiger partial charge >= 0.3 is 0 Å². The van der Waals surface area contributed by atoms with Crippen LogP contribution in [0.15, 0.2) is 54.7 Å². The Bertz CT molecular complexity index is 974. The first-order chi connectivity index (χ1) is 13.2. The zero-order chi connectivity index (χ0) is 18.8. The maximum atomic E-state index is 13.1.